The molecule has 1 unspecified atom stereocenters. The molecular formula is C31H41ClN2O5. The maximum absolute atomic E-state index is 13.4. The van der Waals surface area contributed by atoms with Crippen LogP contribution >= 0.6 is 11.6 Å². The Morgan fingerprint density at radius 2 is 1.67 bits per heavy atom. The number of Topliss-reactive ketones (excluding diaryl/α,β-unsaturated/α-hetero) is 1. The summed E-state index contributed by atoms with van der Waals surface area (Å²) in [5.74, 6) is -0.375. The minimum atomic E-state index is -0.759. The Balaban J connectivity index is 2.04. The highest BCUT2D eigenvalue weighted by Crippen LogP contribution is 2.42. The van der Waals surface area contributed by atoms with Gasteiger partial charge >= 0.3 is 0 Å². The lowest BCUT2D eigenvalue weighted by Gasteiger charge is -2.27. The van der Waals surface area contributed by atoms with Crippen LogP contribution in [0.1, 0.15) is 70.5 Å². The second-order valence-corrected chi connectivity index (χ2v) is 10.0. The Hall–Kier alpha value is -3.03. The first-order valence-corrected chi connectivity index (χ1v) is 14.4. The summed E-state index contributed by atoms with van der Waals surface area (Å²) in [6, 6.07) is 11.3. The minimum Gasteiger partial charge on any atom is -0.507 e. The summed E-state index contributed by atoms with van der Waals surface area (Å²) in [6.07, 6.45) is 3.82. The monoisotopic (exact) mass is 556 g/mol. The van der Waals surface area contributed by atoms with Crippen molar-refractivity contribution in [1.82, 2.24) is 9.80 Å². The van der Waals surface area contributed by atoms with Crippen molar-refractivity contribution in [3.63, 3.8) is 0 Å². The highest BCUT2D eigenvalue weighted by Gasteiger charge is 2.46. The van der Waals surface area contributed by atoms with E-state index in [2.05, 4.69) is 25.7 Å². The molecule has 0 radical (unpaired) electrons. The number of ketones is 1. The number of halogens is 1. The molecule has 3 rings (SSSR count). The average molecular weight is 557 g/mol. The fourth-order valence-electron chi connectivity index (χ4n) is 4.84. The number of hydrogen-bond donors (Lipinski definition) is 1. The van der Waals surface area contributed by atoms with Gasteiger partial charge in [0.2, 0.25) is 0 Å². The molecule has 212 valence electrons. The van der Waals surface area contributed by atoms with Crippen LogP contribution in [-0.2, 0) is 9.59 Å². The highest BCUT2D eigenvalue weighted by molar-refractivity contribution is 6.46. The van der Waals surface area contributed by atoms with E-state index >= 15 is 0 Å². The summed E-state index contributed by atoms with van der Waals surface area (Å²) >= 11 is 6.04. The number of carbonyl (C=O) groups is 2. The number of hydrogen-bond acceptors (Lipinski definition) is 6. The molecule has 1 amide bonds. The first-order chi connectivity index (χ1) is 18.9. The van der Waals surface area contributed by atoms with Crippen molar-refractivity contribution >= 4 is 29.1 Å². The standard InChI is InChI=1S/C31H41ClN2O5/c1-5-9-10-20-39-25-17-14-23(21-26(25)38-8-4)28-27(29(35)22-12-15-24(32)16-13-22)30(36)31(37)34(28)19-11-18-33(6-2)7-3/h12-17,21,28,35H,5-11,18-20H2,1-4H3. The number of aliphatic hydroxyl groups excluding tert-OH is 1. The van der Waals surface area contributed by atoms with Crippen LogP contribution in [0.15, 0.2) is 48.0 Å². The number of carbonyl (C=O) groups excluding carboxylic acids is 2. The molecule has 0 aliphatic carbocycles. The third-order valence-corrected chi connectivity index (χ3v) is 7.27. The van der Waals surface area contributed by atoms with E-state index in [1.165, 1.54) is 0 Å². The van der Waals surface area contributed by atoms with Gasteiger partial charge in [0.05, 0.1) is 24.8 Å². The molecule has 2 aromatic rings. The van der Waals surface area contributed by atoms with Gasteiger partial charge < -0.3 is 24.4 Å². The summed E-state index contributed by atoms with van der Waals surface area (Å²) in [5, 5.41) is 11.8. The first kappa shape index (κ1) is 30.5. The van der Waals surface area contributed by atoms with Crippen molar-refractivity contribution in [2.45, 2.75) is 59.4 Å². The van der Waals surface area contributed by atoms with E-state index in [-0.39, 0.29) is 11.3 Å². The van der Waals surface area contributed by atoms with Gasteiger partial charge in [-0.05, 0) is 81.4 Å². The van der Waals surface area contributed by atoms with Gasteiger partial charge in [-0.2, -0.15) is 0 Å². The number of aliphatic hydroxyl groups is 1. The van der Waals surface area contributed by atoms with Crippen LogP contribution in [0.2, 0.25) is 5.02 Å². The van der Waals surface area contributed by atoms with E-state index in [1.54, 1.807) is 29.2 Å². The van der Waals surface area contributed by atoms with Gasteiger partial charge in [0.1, 0.15) is 5.76 Å². The van der Waals surface area contributed by atoms with E-state index in [0.717, 1.165) is 38.9 Å². The van der Waals surface area contributed by atoms with Gasteiger partial charge in [-0.3, -0.25) is 9.59 Å². The number of nitrogens with zero attached hydrogens (tertiary/aromatic N) is 2. The van der Waals surface area contributed by atoms with Gasteiger partial charge in [-0.1, -0.05) is 51.3 Å². The van der Waals surface area contributed by atoms with Crippen molar-refractivity contribution in [2.24, 2.45) is 0 Å². The second-order valence-electron chi connectivity index (χ2n) is 9.57. The summed E-state index contributed by atoms with van der Waals surface area (Å²) in [5.41, 5.74) is 1.16. The Kier molecular flexibility index (Phi) is 11.7. The Morgan fingerprint density at radius 1 is 0.949 bits per heavy atom. The van der Waals surface area contributed by atoms with E-state index < -0.39 is 17.7 Å². The molecule has 1 saturated heterocycles. The van der Waals surface area contributed by atoms with Crippen LogP contribution in [0, 0.1) is 0 Å². The van der Waals surface area contributed by atoms with Gasteiger partial charge in [-0.15, -0.1) is 0 Å². The van der Waals surface area contributed by atoms with Crippen LogP contribution in [-0.4, -0.2) is 66.0 Å². The van der Waals surface area contributed by atoms with Crippen molar-refractivity contribution < 1.29 is 24.2 Å². The SMILES string of the molecule is CCCCCOc1ccc(C2C(=C(O)c3ccc(Cl)cc3)C(=O)C(=O)N2CCCN(CC)CC)cc1OCC. The number of rotatable bonds is 15. The zero-order valence-electron chi connectivity index (χ0n) is 23.5. The van der Waals surface area contributed by atoms with Crippen LogP contribution in [0.25, 0.3) is 5.76 Å². The zero-order chi connectivity index (χ0) is 28.4. The maximum atomic E-state index is 13.4. The Bertz CT molecular complexity index is 1140. The molecule has 1 heterocycles. The highest BCUT2D eigenvalue weighted by atomic mass is 35.5. The predicted octanol–water partition coefficient (Wildman–Crippen LogP) is 6.46. The second kappa shape index (κ2) is 14.9. The summed E-state index contributed by atoms with van der Waals surface area (Å²) in [6.45, 7) is 12.2. The summed E-state index contributed by atoms with van der Waals surface area (Å²) in [7, 11) is 0. The zero-order valence-corrected chi connectivity index (χ0v) is 24.3. The molecule has 0 saturated carbocycles. The van der Waals surface area contributed by atoms with E-state index in [1.807, 2.05) is 25.1 Å². The molecule has 0 aromatic heterocycles. The largest absolute Gasteiger partial charge is 0.507 e. The lowest BCUT2D eigenvalue weighted by Crippen LogP contribution is -2.33. The molecule has 1 N–H and O–H groups in total. The van der Waals surface area contributed by atoms with Gasteiger partial charge in [0, 0.05) is 17.1 Å². The number of ether oxygens (including phenoxy) is 2. The lowest BCUT2D eigenvalue weighted by molar-refractivity contribution is -0.140. The molecule has 8 heteroatoms. The minimum absolute atomic E-state index is 0.0595. The van der Waals surface area contributed by atoms with E-state index in [0.29, 0.717) is 53.8 Å². The van der Waals surface area contributed by atoms with Crippen molar-refractivity contribution in [3.8, 4) is 11.5 Å². The molecule has 0 spiro atoms. The predicted molar refractivity (Wildman–Crippen MR) is 155 cm³/mol. The van der Waals surface area contributed by atoms with Crippen molar-refractivity contribution in [2.75, 3.05) is 39.4 Å². The van der Waals surface area contributed by atoms with Crippen LogP contribution in [0.3, 0.4) is 0 Å². The fourth-order valence-corrected chi connectivity index (χ4v) is 4.97. The van der Waals surface area contributed by atoms with Crippen LogP contribution in [0.5, 0.6) is 11.5 Å². The third kappa shape index (κ3) is 7.55. The van der Waals surface area contributed by atoms with Gasteiger partial charge in [0.25, 0.3) is 11.7 Å². The lowest BCUT2D eigenvalue weighted by atomic mass is 9.95. The normalized spacial score (nSPS) is 16.8. The number of likely N-dealkylation sites (tertiary alicyclic amines) is 1. The van der Waals surface area contributed by atoms with Crippen LogP contribution < -0.4 is 9.47 Å². The Morgan fingerprint density at radius 3 is 2.31 bits per heavy atom. The fraction of sp³-hybridized carbons (Fsp3) is 0.484. The molecule has 1 aliphatic rings. The molecule has 0 bridgehead atoms. The smallest absolute Gasteiger partial charge is 0.295 e. The van der Waals surface area contributed by atoms with E-state index in [9.17, 15) is 14.7 Å². The average Bonchev–Trinajstić information content (AvgIpc) is 3.19. The third-order valence-electron chi connectivity index (χ3n) is 7.01. The molecule has 1 aliphatic heterocycles. The van der Waals surface area contributed by atoms with Crippen molar-refractivity contribution in [1.29, 1.82) is 0 Å². The maximum Gasteiger partial charge on any atom is 0.295 e. The van der Waals surface area contributed by atoms with Crippen molar-refractivity contribution in [3.05, 3.63) is 64.2 Å². The van der Waals surface area contributed by atoms with Gasteiger partial charge in [-0.25, -0.2) is 0 Å². The van der Waals surface area contributed by atoms with Gasteiger partial charge in [0.15, 0.2) is 11.5 Å². The Labute approximate surface area is 237 Å². The topological polar surface area (TPSA) is 79.3 Å². The molecule has 2 aromatic carbocycles. The summed E-state index contributed by atoms with van der Waals surface area (Å²) in [4.78, 5) is 30.5. The number of unbranched alkanes of at least 4 members (excludes halogenated alkanes) is 2. The summed E-state index contributed by atoms with van der Waals surface area (Å²) < 4.78 is 11.9. The molecular weight excluding hydrogens is 516 g/mol. The van der Waals surface area contributed by atoms with E-state index in [4.69, 9.17) is 21.1 Å². The van der Waals surface area contributed by atoms with Crippen LogP contribution in [0.4, 0.5) is 0 Å². The quantitative estimate of drug-likeness (QED) is 0.117. The molecule has 7 nitrogen and oxygen atoms in total. The molecule has 1 atom stereocenters. The number of benzene rings is 2. The first-order valence-electron chi connectivity index (χ1n) is 14.0. The molecule has 1 fully saturated rings. The molecule has 39 heavy (non-hydrogen) atoms. The number of amides is 1.